The first-order valence-electron chi connectivity index (χ1n) is 8.73. The number of rotatable bonds is 7. The Balaban J connectivity index is 1.89. The summed E-state index contributed by atoms with van der Waals surface area (Å²) < 4.78 is 0. The molecule has 0 aromatic heterocycles. The number of unbranched alkanes of at least 4 members (excludes halogenated alkanes) is 3. The van der Waals surface area contributed by atoms with Gasteiger partial charge in [0, 0.05) is 5.54 Å². The summed E-state index contributed by atoms with van der Waals surface area (Å²) in [6, 6.07) is 0. The third-order valence-electron chi connectivity index (χ3n) is 5.41. The summed E-state index contributed by atoms with van der Waals surface area (Å²) in [5.41, 5.74) is 0.159. The molecule has 2 aliphatic rings. The third-order valence-corrected chi connectivity index (χ3v) is 5.41. The van der Waals surface area contributed by atoms with Crippen LogP contribution in [0.25, 0.3) is 0 Å². The van der Waals surface area contributed by atoms with Crippen LogP contribution in [0.4, 0.5) is 0 Å². The highest BCUT2D eigenvalue weighted by Crippen LogP contribution is 2.41. The molecule has 1 heterocycles. The number of hydrogen-bond donors (Lipinski definition) is 1. The first-order chi connectivity index (χ1) is 9.29. The molecule has 0 amide bonds. The molecule has 2 nitrogen and oxygen atoms in total. The van der Waals surface area contributed by atoms with Crippen molar-refractivity contribution in [2.24, 2.45) is 0 Å². The van der Waals surface area contributed by atoms with E-state index in [1.807, 2.05) is 0 Å². The molecule has 1 saturated heterocycles. The van der Waals surface area contributed by atoms with Gasteiger partial charge in [-0.1, -0.05) is 51.9 Å². The van der Waals surface area contributed by atoms with E-state index >= 15 is 0 Å². The van der Waals surface area contributed by atoms with E-state index in [-0.39, 0.29) is 11.6 Å². The maximum absolute atomic E-state index is 10.8. The maximum atomic E-state index is 10.8. The highest BCUT2D eigenvalue weighted by atomic mass is 16.3. The second-order valence-electron chi connectivity index (χ2n) is 6.72. The summed E-state index contributed by atoms with van der Waals surface area (Å²) in [7, 11) is 0. The zero-order chi connectivity index (χ0) is 13.6. The monoisotopic (exact) mass is 267 g/mol. The van der Waals surface area contributed by atoms with Gasteiger partial charge in [-0.15, -0.1) is 0 Å². The van der Waals surface area contributed by atoms with Gasteiger partial charge in [-0.3, -0.25) is 4.90 Å². The highest BCUT2D eigenvalue weighted by Gasteiger charge is 2.44. The molecule has 1 atom stereocenters. The molecule has 0 aromatic carbocycles. The van der Waals surface area contributed by atoms with Crippen molar-refractivity contribution in [2.75, 3.05) is 13.1 Å². The highest BCUT2D eigenvalue weighted by molar-refractivity contribution is 5.01. The lowest BCUT2D eigenvalue weighted by molar-refractivity contribution is -0.0430. The van der Waals surface area contributed by atoms with Gasteiger partial charge < -0.3 is 5.11 Å². The minimum absolute atomic E-state index is 0.0787. The minimum Gasteiger partial charge on any atom is -0.391 e. The average molecular weight is 267 g/mol. The molecule has 1 aliphatic heterocycles. The molecule has 19 heavy (non-hydrogen) atoms. The second kappa shape index (κ2) is 7.64. The summed E-state index contributed by atoms with van der Waals surface area (Å²) in [4.78, 5) is 2.66. The largest absolute Gasteiger partial charge is 0.391 e. The number of aliphatic hydroxyl groups is 1. The quantitative estimate of drug-likeness (QED) is 0.702. The fourth-order valence-corrected chi connectivity index (χ4v) is 4.22. The Morgan fingerprint density at radius 2 is 1.63 bits per heavy atom. The lowest BCUT2D eigenvalue weighted by Gasteiger charge is -2.46. The van der Waals surface area contributed by atoms with E-state index < -0.39 is 0 Å². The minimum atomic E-state index is -0.0787. The van der Waals surface area contributed by atoms with Crippen molar-refractivity contribution < 1.29 is 5.11 Å². The predicted octanol–water partition coefficient (Wildman–Crippen LogP) is 4.12. The van der Waals surface area contributed by atoms with Crippen LogP contribution in [-0.4, -0.2) is 34.7 Å². The van der Waals surface area contributed by atoms with Gasteiger partial charge in [0.25, 0.3) is 0 Å². The van der Waals surface area contributed by atoms with Crippen molar-refractivity contribution in [3.8, 4) is 0 Å². The second-order valence-corrected chi connectivity index (χ2v) is 6.72. The van der Waals surface area contributed by atoms with Crippen molar-refractivity contribution in [1.29, 1.82) is 0 Å². The molecule has 0 radical (unpaired) electrons. The predicted molar refractivity (Wildman–Crippen MR) is 81.4 cm³/mol. The molecule has 1 aliphatic carbocycles. The van der Waals surface area contributed by atoms with Gasteiger partial charge in [-0.05, 0) is 45.2 Å². The molecule has 1 saturated carbocycles. The van der Waals surface area contributed by atoms with Crippen LogP contribution in [0.2, 0.25) is 0 Å². The van der Waals surface area contributed by atoms with E-state index in [1.54, 1.807) is 0 Å². The summed E-state index contributed by atoms with van der Waals surface area (Å²) in [5.74, 6) is 0. The van der Waals surface area contributed by atoms with Gasteiger partial charge in [0.15, 0.2) is 0 Å². The van der Waals surface area contributed by atoms with E-state index in [9.17, 15) is 5.11 Å². The lowest BCUT2D eigenvalue weighted by Crippen LogP contribution is -2.56. The lowest BCUT2D eigenvalue weighted by atomic mass is 9.84. The summed E-state index contributed by atoms with van der Waals surface area (Å²) in [6.07, 6.45) is 15.2. The molecule has 0 aromatic rings. The zero-order valence-electron chi connectivity index (χ0n) is 12.9. The SMILES string of the molecule is CCCCCCC(O)C1(N2CCCCC2)CCCC1. The number of aliphatic hydroxyl groups excluding tert-OH is 1. The van der Waals surface area contributed by atoms with Crippen molar-refractivity contribution in [3.63, 3.8) is 0 Å². The van der Waals surface area contributed by atoms with E-state index in [1.165, 1.54) is 83.7 Å². The van der Waals surface area contributed by atoms with E-state index in [0.717, 1.165) is 6.42 Å². The van der Waals surface area contributed by atoms with Crippen LogP contribution >= 0.6 is 0 Å². The number of hydrogen-bond acceptors (Lipinski definition) is 2. The molecule has 0 spiro atoms. The Morgan fingerprint density at radius 3 is 2.26 bits per heavy atom. The van der Waals surface area contributed by atoms with Crippen molar-refractivity contribution in [2.45, 2.75) is 95.6 Å². The Kier molecular flexibility index (Phi) is 6.15. The molecule has 2 rings (SSSR count). The van der Waals surface area contributed by atoms with Crippen LogP contribution in [0.15, 0.2) is 0 Å². The van der Waals surface area contributed by atoms with Gasteiger partial charge in [-0.2, -0.15) is 0 Å². The first kappa shape index (κ1) is 15.3. The van der Waals surface area contributed by atoms with Gasteiger partial charge in [-0.25, -0.2) is 0 Å². The molecule has 2 fully saturated rings. The molecule has 1 unspecified atom stereocenters. The number of nitrogens with zero attached hydrogens (tertiary/aromatic N) is 1. The third kappa shape index (κ3) is 3.72. The van der Waals surface area contributed by atoms with E-state index in [0.29, 0.717) is 0 Å². The standard InChI is InChI=1S/C17H33NO/c1-2-3-4-6-11-16(19)17(12-7-8-13-17)18-14-9-5-10-15-18/h16,19H,2-15H2,1H3. The van der Waals surface area contributed by atoms with Crippen molar-refractivity contribution in [1.82, 2.24) is 4.90 Å². The Hall–Kier alpha value is -0.0800. The van der Waals surface area contributed by atoms with Gasteiger partial charge in [0.05, 0.1) is 6.10 Å². The molecule has 0 bridgehead atoms. The normalized spacial score (nSPS) is 25.6. The molecular formula is C17H33NO. The zero-order valence-corrected chi connectivity index (χ0v) is 12.9. The van der Waals surface area contributed by atoms with Crippen LogP contribution in [-0.2, 0) is 0 Å². The topological polar surface area (TPSA) is 23.5 Å². The van der Waals surface area contributed by atoms with Gasteiger partial charge >= 0.3 is 0 Å². The van der Waals surface area contributed by atoms with Crippen LogP contribution in [0.1, 0.15) is 84.0 Å². The Bertz CT molecular complexity index is 242. The maximum Gasteiger partial charge on any atom is 0.0723 e. The number of piperidine rings is 1. The Labute approximate surface area is 119 Å². The van der Waals surface area contributed by atoms with Crippen LogP contribution in [0.3, 0.4) is 0 Å². The Morgan fingerprint density at radius 1 is 0.947 bits per heavy atom. The van der Waals surface area contributed by atoms with Crippen LogP contribution in [0, 0.1) is 0 Å². The van der Waals surface area contributed by atoms with Crippen LogP contribution < -0.4 is 0 Å². The van der Waals surface area contributed by atoms with E-state index in [4.69, 9.17) is 0 Å². The van der Waals surface area contributed by atoms with Gasteiger partial charge in [0.1, 0.15) is 0 Å². The molecular weight excluding hydrogens is 234 g/mol. The fourth-order valence-electron chi connectivity index (χ4n) is 4.22. The molecule has 112 valence electrons. The molecule has 1 N–H and O–H groups in total. The smallest absolute Gasteiger partial charge is 0.0723 e. The van der Waals surface area contributed by atoms with E-state index in [2.05, 4.69) is 11.8 Å². The summed E-state index contributed by atoms with van der Waals surface area (Å²) >= 11 is 0. The van der Waals surface area contributed by atoms with Crippen LogP contribution in [0.5, 0.6) is 0 Å². The fraction of sp³-hybridized carbons (Fsp3) is 1.00. The summed E-state index contributed by atoms with van der Waals surface area (Å²) in [6.45, 7) is 4.71. The van der Waals surface area contributed by atoms with Gasteiger partial charge in [0.2, 0.25) is 0 Å². The average Bonchev–Trinajstić information content (AvgIpc) is 2.95. The number of likely N-dealkylation sites (tertiary alicyclic amines) is 1. The summed E-state index contributed by atoms with van der Waals surface area (Å²) in [5, 5.41) is 10.8. The van der Waals surface area contributed by atoms with Crippen molar-refractivity contribution in [3.05, 3.63) is 0 Å². The van der Waals surface area contributed by atoms with Crippen molar-refractivity contribution >= 4 is 0 Å². The molecule has 2 heteroatoms. The first-order valence-corrected chi connectivity index (χ1v) is 8.73.